The SMILES string of the molecule is CCNC(Cc1ccccc1F)c1cccc(F)c1Cl. The summed E-state index contributed by atoms with van der Waals surface area (Å²) in [5.74, 6) is -0.719. The third-order valence-corrected chi connectivity index (χ3v) is 3.59. The Morgan fingerprint density at radius 2 is 1.75 bits per heavy atom. The molecule has 1 unspecified atom stereocenters. The van der Waals surface area contributed by atoms with Crippen molar-refractivity contribution in [3.05, 3.63) is 70.2 Å². The summed E-state index contributed by atoms with van der Waals surface area (Å²) < 4.78 is 27.3. The normalized spacial score (nSPS) is 12.4. The average molecular weight is 296 g/mol. The van der Waals surface area contributed by atoms with Crippen LogP contribution in [-0.4, -0.2) is 6.54 Å². The maximum atomic E-state index is 13.8. The van der Waals surface area contributed by atoms with Gasteiger partial charge in [-0.05, 0) is 36.2 Å². The lowest BCUT2D eigenvalue weighted by Gasteiger charge is -2.20. The summed E-state index contributed by atoms with van der Waals surface area (Å²) in [5.41, 5.74) is 1.23. The number of likely N-dealkylation sites (N-methyl/N-ethyl adjacent to an activating group) is 1. The van der Waals surface area contributed by atoms with Crippen LogP contribution in [0.5, 0.6) is 0 Å². The fourth-order valence-corrected chi connectivity index (χ4v) is 2.47. The molecule has 0 bridgehead atoms. The fourth-order valence-electron chi connectivity index (χ4n) is 2.21. The summed E-state index contributed by atoms with van der Waals surface area (Å²) in [6.45, 7) is 2.63. The average Bonchev–Trinajstić information content (AvgIpc) is 2.44. The Kier molecular flexibility index (Phi) is 5.10. The van der Waals surface area contributed by atoms with Crippen LogP contribution in [0.25, 0.3) is 0 Å². The van der Waals surface area contributed by atoms with Crippen LogP contribution in [0.3, 0.4) is 0 Å². The third-order valence-electron chi connectivity index (χ3n) is 3.19. The summed E-state index contributed by atoms with van der Waals surface area (Å²) in [6.07, 6.45) is 0.420. The van der Waals surface area contributed by atoms with E-state index in [-0.39, 0.29) is 16.9 Å². The minimum Gasteiger partial charge on any atom is -0.310 e. The van der Waals surface area contributed by atoms with Gasteiger partial charge in [0.05, 0.1) is 5.02 Å². The number of hydrogen-bond acceptors (Lipinski definition) is 1. The Labute approximate surface area is 122 Å². The van der Waals surface area contributed by atoms with Crippen molar-refractivity contribution in [2.45, 2.75) is 19.4 Å². The summed E-state index contributed by atoms with van der Waals surface area (Å²) in [6, 6.07) is 11.1. The van der Waals surface area contributed by atoms with Crippen LogP contribution in [0, 0.1) is 11.6 Å². The van der Waals surface area contributed by atoms with Gasteiger partial charge < -0.3 is 5.32 Å². The van der Waals surface area contributed by atoms with Gasteiger partial charge in [-0.2, -0.15) is 0 Å². The first kappa shape index (κ1) is 14.9. The molecule has 20 heavy (non-hydrogen) atoms. The molecular weight excluding hydrogens is 280 g/mol. The van der Waals surface area contributed by atoms with Gasteiger partial charge in [0.2, 0.25) is 0 Å². The standard InChI is InChI=1S/C16H16ClF2N/c1-2-20-15(10-11-6-3-4-8-13(11)18)12-7-5-9-14(19)16(12)17/h3-9,15,20H,2,10H2,1H3. The van der Waals surface area contributed by atoms with Gasteiger partial charge in [-0.15, -0.1) is 0 Å². The van der Waals surface area contributed by atoms with Gasteiger partial charge in [0.15, 0.2) is 0 Å². The molecule has 106 valence electrons. The topological polar surface area (TPSA) is 12.0 Å². The predicted molar refractivity (Wildman–Crippen MR) is 77.9 cm³/mol. The van der Waals surface area contributed by atoms with Crippen molar-refractivity contribution in [2.24, 2.45) is 0 Å². The second-order valence-corrected chi connectivity index (χ2v) is 4.93. The van der Waals surface area contributed by atoms with Crippen LogP contribution < -0.4 is 5.32 Å². The van der Waals surface area contributed by atoms with Crippen molar-refractivity contribution in [1.29, 1.82) is 0 Å². The highest BCUT2D eigenvalue weighted by molar-refractivity contribution is 6.31. The van der Waals surface area contributed by atoms with Gasteiger partial charge in [0, 0.05) is 6.04 Å². The first-order chi connectivity index (χ1) is 9.63. The number of hydrogen-bond donors (Lipinski definition) is 1. The molecule has 0 aromatic heterocycles. The predicted octanol–water partition coefficient (Wildman–Crippen LogP) is 4.51. The molecule has 0 amide bonds. The maximum absolute atomic E-state index is 13.8. The third kappa shape index (κ3) is 3.35. The highest BCUT2D eigenvalue weighted by Crippen LogP contribution is 2.28. The van der Waals surface area contributed by atoms with Gasteiger partial charge in [-0.25, -0.2) is 8.78 Å². The van der Waals surface area contributed by atoms with Crippen molar-refractivity contribution in [2.75, 3.05) is 6.54 Å². The second-order valence-electron chi connectivity index (χ2n) is 4.55. The summed E-state index contributed by atoms with van der Waals surface area (Å²) in [4.78, 5) is 0. The van der Waals surface area contributed by atoms with Crippen molar-refractivity contribution >= 4 is 11.6 Å². The van der Waals surface area contributed by atoms with Crippen molar-refractivity contribution < 1.29 is 8.78 Å². The van der Waals surface area contributed by atoms with E-state index in [4.69, 9.17) is 11.6 Å². The number of benzene rings is 2. The fraction of sp³-hybridized carbons (Fsp3) is 0.250. The Morgan fingerprint density at radius 3 is 2.45 bits per heavy atom. The Morgan fingerprint density at radius 1 is 1.05 bits per heavy atom. The quantitative estimate of drug-likeness (QED) is 0.855. The van der Waals surface area contributed by atoms with Crippen molar-refractivity contribution in [1.82, 2.24) is 5.32 Å². The van der Waals surface area contributed by atoms with Gasteiger partial charge in [0.1, 0.15) is 11.6 Å². The van der Waals surface area contributed by atoms with E-state index < -0.39 is 5.82 Å². The lowest BCUT2D eigenvalue weighted by atomic mass is 9.98. The van der Waals surface area contributed by atoms with Crippen LogP contribution in [0.4, 0.5) is 8.78 Å². The molecule has 2 aromatic rings. The molecule has 1 atom stereocenters. The molecule has 4 heteroatoms. The lowest BCUT2D eigenvalue weighted by molar-refractivity contribution is 0.524. The molecule has 0 heterocycles. The van der Waals surface area contributed by atoms with Gasteiger partial charge in [0.25, 0.3) is 0 Å². The van der Waals surface area contributed by atoms with Crippen LogP contribution >= 0.6 is 11.6 Å². The first-order valence-electron chi connectivity index (χ1n) is 6.54. The molecule has 0 aliphatic rings. The molecule has 0 fully saturated rings. The van der Waals surface area contributed by atoms with E-state index in [1.807, 2.05) is 6.92 Å². The van der Waals surface area contributed by atoms with Gasteiger partial charge in [-0.1, -0.05) is 48.9 Å². The molecule has 0 saturated heterocycles. The number of halogens is 3. The van der Waals surface area contributed by atoms with E-state index in [1.165, 1.54) is 12.1 Å². The number of nitrogens with one attached hydrogen (secondary N) is 1. The monoisotopic (exact) mass is 295 g/mol. The first-order valence-corrected chi connectivity index (χ1v) is 6.92. The van der Waals surface area contributed by atoms with E-state index in [0.717, 1.165) is 0 Å². The molecule has 2 rings (SSSR count). The van der Waals surface area contributed by atoms with E-state index in [1.54, 1.807) is 30.3 Å². The molecule has 0 saturated carbocycles. The summed E-state index contributed by atoms with van der Waals surface area (Å²) >= 11 is 6.02. The number of rotatable bonds is 5. The smallest absolute Gasteiger partial charge is 0.142 e. The van der Waals surface area contributed by atoms with Gasteiger partial charge >= 0.3 is 0 Å². The Bertz CT molecular complexity index is 586. The zero-order valence-electron chi connectivity index (χ0n) is 11.2. The zero-order valence-corrected chi connectivity index (χ0v) is 11.9. The van der Waals surface area contributed by atoms with Crippen LogP contribution in [-0.2, 0) is 6.42 Å². The van der Waals surface area contributed by atoms with E-state index in [0.29, 0.717) is 24.1 Å². The molecule has 0 aliphatic heterocycles. The van der Waals surface area contributed by atoms with Crippen LogP contribution in [0.2, 0.25) is 5.02 Å². The minimum atomic E-state index is -0.458. The highest BCUT2D eigenvalue weighted by atomic mass is 35.5. The molecule has 1 nitrogen and oxygen atoms in total. The van der Waals surface area contributed by atoms with E-state index in [2.05, 4.69) is 5.32 Å². The van der Waals surface area contributed by atoms with Crippen molar-refractivity contribution in [3.8, 4) is 0 Å². The molecule has 1 N–H and O–H groups in total. The summed E-state index contributed by atoms with van der Waals surface area (Å²) in [5, 5.41) is 3.32. The molecular formula is C16H16ClF2N. The molecule has 0 spiro atoms. The van der Waals surface area contributed by atoms with Gasteiger partial charge in [-0.3, -0.25) is 0 Å². The van der Waals surface area contributed by atoms with E-state index >= 15 is 0 Å². The van der Waals surface area contributed by atoms with Crippen LogP contribution in [0.15, 0.2) is 42.5 Å². The molecule has 0 aliphatic carbocycles. The molecule has 0 radical (unpaired) electrons. The lowest BCUT2D eigenvalue weighted by Crippen LogP contribution is -2.23. The largest absolute Gasteiger partial charge is 0.310 e. The summed E-state index contributed by atoms with van der Waals surface area (Å²) in [7, 11) is 0. The molecule has 2 aromatic carbocycles. The highest BCUT2D eigenvalue weighted by Gasteiger charge is 2.18. The Balaban J connectivity index is 2.32. The second kappa shape index (κ2) is 6.82. The van der Waals surface area contributed by atoms with Crippen molar-refractivity contribution in [3.63, 3.8) is 0 Å². The Hall–Kier alpha value is -1.45. The minimum absolute atomic E-state index is 0.0924. The maximum Gasteiger partial charge on any atom is 0.142 e. The van der Waals surface area contributed by atoms with E-state index in [9.17, 15) is 8.78 Å². The van der Waals surface area contributed by atoms with Crippen LogP contribution in [0.1, 0.15) is 24.1 Å². The zero-order chi connectivity index (χ0) is 14.5.